The van der Waals surface area contributed by atoms with Gasteiger partial charge in [-0.15, -0.1) is 0 Å². The van der Waals surface area contributed by atoms with Crippen LogP contribution in [0.2, 0.25) is 0 Å². The van der Waals surface area contributed by atoms with Crippen LogP contribution in [0.1, 0.15) is 18.2 Å². The summed E-state index contributed by atoms with van der Waals surface area (Å²) in [5, 5.41) is 8.91. The van der Waals surface area contributed by atoms with E-state index in [4.69, 9.17) is 10.8 Å². The second-order valence-corrected chi connectivity index (χ2v) is 2.70. The molecule has 3 N–H and O–H groups in total. The Balaban J connectivity index is 2.85. The van der Waals surface area contributed by atoms with Crippen molar-refractivity contribution in [1.29, 1.82) is 0 Å². The number of pyridine rings is 1. The van der Waals surface area contributed by atoms with Gasteiger partial charge in [-0.3, -0.25) is 0 Å². The third kappa shape index (κ3) is 3.24. The zero-order valence-corrected chi connectivity index (χ0v) is 7.49. The number of rotatable bonds is 1. The van der Waals surface area contributed by atoms with Gasteiger partial charge in [0.2, 0.25) is 0 Å². The van der Waals surface area contributed by atoms with Crippen LogP contribution in [-0.2, 0) is 6.54 Å². The average molecular weight is 176 g/mol. The zero-order valence-electron chi connectivity index (χ0n) is 7.49. The van der Waals surface area contributed by atoms with Crippen molar-refractivity contribution >= 4 is 0 Å². The lowest BCUT2D eigenvalue weighted by Crippen LogP contribution is -1.98. The highest BCUT2D eigenvalue weighted by atomic mass is 16.3. The van der Waals surface area contributed by atoms with E-state index in [1.54, 1.807) is 13.1 Å². The highest BCUT2D eigenvalue weighted by Gasteiger charge is 1.92. The van der Waals surface area contributed by atoms with Gasteiger partial charge in [0, 0.05) is 12.7 Å². The number of nitrogens with two attached hydrogens (primary N) is 1. The van der Waals surface area contributed by atoms with Gasteiger partial charge in [0.05, 0.1) is 0 Å². The molecule has 13 heavy (non-hydrogen) atoms. The third-order valence-corrected chi connectivity index (χ3v) is 1.47. The highest BCUT2D eigenvalue weighted by molar-refractivity contribution is 5.31. The molecule has 0 saturated carbocycles. The van der Waals surface area contributed by atoms with Crippen molar-refractivity contribution in [2.75, 3.05) is 0 Å². The Kier molecular flexibility index (Phi) is 3.44. The van der Waals surface area contributed by atoms with Crippen LogP contribution in [0.25, 0.3) is 0 Å². The van der Waals surface area contributed by atoms with Crippen LogP contribution < -0.4 is 5.73 Å². The summed E-state index contributed by atoms with van der Waals surface area (Å²) in [6.07, 6.45) is 1.04. The Labute approximate surface area is 77.6 Å². The molecule has 0 aliphatic carbocycles. The quantitative estimate of drug-likeness (QED) is 0.604. The summed E-state index contributed by atoms with van der Waals surface area (Å²) in [5.74, 6) is 5.37. The Hall–Kier alpha value is -1.37. The SMILES string of the molecule is CC(O)C#Cc1cc(CN)ccn1. The van der Waals surface area contributed by atoms with Crippen molar-refractivity contribution in [3.8, 4) is 11.8 Å². The largest absolute Gasteiger partial charge is 0.381 e. The van der Waals surface area contributed by atoms with E-state index < -0.39 is 6.10 Å². The molecule has 1 rings (SSSR count). The maximum Gasteiger partial charge on any atom is 0.113 e. The van der Waals surface area contributed by atoms with E-state index in [-0.39, 0.29) is 0 Å². The lowest BCUT2D eigenvalue weighted by Gasteiger charge is -1.95. The van der Waals surface area contributed by atoms with E-state index in [1.165, 1.54) is 0 Å². The van der Waals surface area contributed by atoms with Gasteiger partial charge in [0.25, 0.3) is 0 Å². The Bertz CT molecular complexity index is 336. The van der Waals surface area contributed by atoms with E-state index >= 15 is 0 Å². The molecule has 0 aromatic carbocycles. The summed E-state index contributed by atoms with van der Waals surface area (Å²) < 4.78 is 0. The molecule has 3 nitrogen and oxygen atoms in total. The normalized spacial score (nSPS) is 11.6. The van der Waals surface area contributed by atoms with Crippen molar-refractivity contribution in [1.82, 2.24) is 4.98 Å². The maximum absolute atomic E-state index is 8.91. The topological polar surface area (TPSA) is 59.1 Å². The molecule has 0 saturated heterocycles. The monoisotopic (exact) mass is 176 g/mol. The van der Waals surface area contributed by atoms with E-state index in [0.29, 0.717) is 12.2 Å². The first kappa shape index (κ1) is 9.72. The van der Waals surface area contributed by atoms with Crippen molar-refractivity contribution < 1.29 is 5.11 Å². The first-order valence-corrected chi connectivity index (χ1v) is 4.07. The fourth-order valence-electron chi connectivity index (χ4n) is 0.848. The van der Waals surface area contributed by atoms with Crippen LogP contribution in [0.15, 0.2) is 18.3 Å². The highest BCUT2D eigenvalue weighted by Crippen LogP contribution is 1.98. The third-order valence-electron chi connectivity index (χ3n) is 1.47. The summed E-state index contributed by atoms with van der Waals surface area (Å²) in [4.78, 5) is 4.02. The molecule has 1 unspecified atom stereocenters. The molecule has 0 amide bonds. The Morgan fingerprint density at radius 2 is 2.46 bits per heavy atom. The van der Waals surface area contributed by atoms with E-state index in [2.05, 4.69) is 16.8 Å². The summed E-state index contributed by atoms with van der Waals surface area (Å²) >= 11 is 0. The molecule has 0 radical (unpaired) electrons. The first-order chi connectivity index (χ1) is 6.22. The van der Waals surface area contributed by atoms with Crippen LogP contribution in [0, 0.1) is 11.8 Å². The molecule has 0 fully saturated rings. The molecule has 68 valence electrons. The minimum atomic E-state index is -0.622. The van der Waals surface area contributed by atoms with Crippen molar-refractivity contribution in [3.05, 3.63) is 29.6 Å². The predicted octanol–water partition coefficient (Wildman–Crippen LogP) is 0.273. The molecule has 1 aromatic heterocycles. The van der Waals surface area contributed by atoms with Crippen molar-refractivity contribution in [2.45, 2.75) is 19.6 Å². The Morgan fingerprint density at radius 1 is 1.69 bits per heavy atom. The van der Waals surface area contributed by atoms with Crippen molar-refractivity contribution in [2.24, 2.45) is 5.73 Å². The molecular weight excluding hydrogens is 164 g/mol. The number of hydrogen-bond acceptors (Lipinski definition) is 3. The predicted molar refractivity (Wildman–Crippen MR) is 50.7 cm³/mol. The van der Waals surface area contributed by atoms with E-state index in [0.717, 1.165) is 5.56 Å². The molecule has 1 atom stereocenters. The maximum atomic E-state index is 8.91. The van der Waals surface area contributed by atoms with Gasteiger partial charge in [0.15, 0.2) is 0 Å². The minimum Gasteiger partial charge on any atom is -0.381 e. The van der Waals surface area contributed by atoms with Gasteiger partial charge in [-0.25, -0.2) is 4.98 Å². The molecule has 1 aromatic rings. The summed E-state index contributed by atoms with van der Waals surface area (Å²) in [6.45, 7) is 2.09. The number of aromatic nitrogens is 1. The summed E-state index contributed by atoms with van der Waals surface area (Å²) in [6, 6.07) is 3.66. The molecular formula is C10H12N2O. The van der Waals surface area contributed by atoms with Gasteiger partial charge in [-0.05, 0) is 30.5 Å². The summed E-state index contributed by atoms with van der Waals surface area (Å²) in [7, 11) is 0. The molecule has 0 aliphatic rings. The lowest BCUT2D eigenvalue weighted by molar-refractivity contribution is 0.253. The van der Waals surface area contributed by atoms with Crippen molar-refractivity contribution in [3.63, 3.8) is 0 Å². The summed E-state index contributed by atoms with van der Waals surface area (Å²) in [5.41, 5.74) is 7.08. The van der Waals surface area contributed by atoms with Crippen LogP contribution in [0.4, 0.5) is 0 Å². The second kappa shape index (κ2) is 4.61. The van der Waals surface area contributed by atoms with Gasteiger partial charge in [-0.1, -0.05) is 5.92 Å². The molecule has 0 spiro atoms. The second-order valence-electron chi connectivity index (χ2n) is 2.70. The van der Waals surface area contributed by atoms with Crippen LogP contribution in [0.5, 0.6) is 0 Å². The molecule has 3 heteroatoms. The van der Waals surface area contributed by atoms with Crippen LogP contribution in [-0.4, -0.2) is 16.2 Å². The fourth-order valence-corrected chi connectivity index (χ4v) is 0.848. The first-order valence-electron chi connectivity index (χ1n) is 4.07. The number of hydrogen-bond donors (Lipinski definition) is 2. The van der Waals surface area contributed by atoms with Crippen LogP contribution in [0.3, 0.4) is 0 Å². The smallest absolute Gasteiger partial charge is 0.113 e. The minimum absolute atomic E-state index is 0.478. The standard InChI is InChI=1S/C10H12N2O/c1-8(13)2-3-10-6-9(7-11)4-5-12-10/h4-6,8,13H,7,11H2,1H3. The van der Waals surface area contributed by atoms with E-state index in [1.807, 2.05) is 12.1 Å². The fraction of sp³-hybridized carbons (Fsp3) is 0.300. The molecule has 1 heterocycles. The number of aliphatic hydroxyl groups is 1. The van der Waals surface area contributed by atoms with Gasteiger partial charge >= 0.3 is 0 Å². The molecule has 0 bridgehead atoms. The Morgan fingerprint density at radius 3 is 3.08 bits per heavy atom. The molecule has 0 aliphatic heterocycles. The van der Waals surface area contributed by atoms with Gasteiger partial charge in [-0.2, -0.15) is 0 Å². The lowest BCUT2D eigenvalue weighted by atomic mass is 10.2. The van der Waals surface area contributed by atoms with E-state index in [9.17, 15) is 0 Å². The van der Waals surface area contributed by atoms with Crippen LogP contribution >= 0.6 is 0 Å². The number of aliphatic hydroxyl groups excluding tert-OH is 1. The van der Waals surface area contributed by atoms with Gasteiger partial charge < -0.3 is 10.8 Å². The number of nitrogens with zero attached hydrogens (tertiary/aromatic N) is 1. The zero-order chi connectivity index (χ0) is 9.68. The average Bonchev–Trinajstić information content (AvgIpc) is 2.15. The van der Waals surface area contributed by atoms with Gasteiger partial charge in [0.1, 0.15) is 11.8 Å².